The molecule has 4 aromatic rings. The van der Waals surface area contributed by atoms with Crippen LogP contribution < -0.4 is 5.56 Å². The average molecular weight is 468 g/mol. The Morgan fingerprint density at radius 2 is 2.12 bits per heavy atom. The first-order valence-corrected chi connectivity index (χ1v) is 12.8. The number of fused-ring (bicyclic) bond motifs is 1. The van der Waals surface area contributed by atoms with Gasteiger partial charge in [-0.1, -0.05) is 49.8 Å². The summed E-state index contributed by atoms with van der Waals surface area (Å²) in [6.07, 6.45) is 9.21. The molecule has 0 unspecified atom stereocenters. The van der Waals surface area contributed by atoms with Gasteiger partial charge in [0.1, 0.15) is 5.01 Å². The zero-order valence-corrected chi connectivity index (χ0v) is 19.8. The first kappa shape index (κ1) is 21.3. The Kier molecular flexibility index (Phi) is 6.05. The maximum absolute atomic E-state index is 12.5. The molecule has 0 bridgehead atoms. The van der Waals surface area contributed by atoms with E-state index in [-0.39, 0.29) is 5.56 Å². The molecule has 2 atom stereocenters. The molecule has 5 rings (SSSR count). The molecule has 32 heavy (non-hydrogen) atoms. The molecule has 0 saturated heterocycles. The standard InChI is InChI=1S/C22H25N7OS2/c1-3-18-27-29-19(30)11-16(24-21(29)32-18)13-31-22-26-25-20(15-8-6-10-23-12-15)28(22)17-9-5-4-7-14(17)2/h6,8,10-12,14,17H,3-5,7,9,13H2,1-2H3/t14-,17-/m0/s1. The van der Waals surface area contributed by atoms with Gasteiger partial charge in [0.15, 0.2) is 11.0 Å². The second-order valence-electron chi connectivity index (χ2n) is 8.17. The molecule has 1 fully saturated rings. The molecule has 0 aromatic carbocycles. The maximum atomic E-state index is 12.5. The Morgan fingerprint density at radius 3 is 2.91 bits per heavy atom. The zero-order chi connectivity index (χ0) is 22.1. The first-order chi connectivity index (χ1) is 15.6. The van der Waals surface area contributed by atoms with Crippen LogP contribution in [0.3, 0.4) is 0 Å². The predicted octanol–water partition coefficient (Wildman–Crippen LogP) is 4.41. The molecular weight excluding hydrogens is 442 g/mol. The number of pyridine rings is 1. The van der Waals surface area contributed by atoms with Crippen molar-refractivity contribution < 1.29 is 0 Å². The highest BCUT2D eigenvalue weighted by Crippen LogP contribution is 2.39. The van der Waals surface area contributed by atoms with E-state index in [1.807, 2.05) is 25.3 Å². The minimum absolute atomic E-state index is 0.139. The van der Waals surface area contributed by atoms with Crippen LogP contribution in [0.25, 0.3) is 16.3 Å². The van der Waals surface area contributed by atoms with Gasteiger partial charge in [-0.3, -0.25) is 14.3 Å². The van der Waals surface area contributed by atoms with E-state index in [1.165, 1.54) is 35.1 Å². The molecule has 4 heterocycles. The number of thioether (sulfide) groups is 1. The lowest BCUT2D eigenvalue weighted by Gasteiger charge is -2.31. The molecule has 1 saturated carbocycles. The van der Waals surface area contributed by atoms with Gasteiger partial charge in [-0.15, -0.1) is 10.2 Å². The fourth-order valence-electron chi connectivity index (χ4n) is 4.30. The Labute approximate surface area is 194 Å². The van der Waals surface area contributed by atoms with Crippen molar-refractivity contribution in [3.8, 4) is 11.4 Å². The third kappa shape index (κ3) is 4.09. The van der Waals surface area contributed by atoms with Gasteiger partial charge in [0.25, 0.3) is 5.56 Å². The molecule has 166 valence electrons. The van der Waals surface area contributed by atoms with Crippen LogP contribution in [0.2, 0.25) is 0 Å². The van der Waals surface area contributed by atoms with Crippen LogP contribution in [0.5, 0.6) is 0 Å². The zero-order valence-electron chi connectivity index (χ0n) is 18.1. The third-order valence-corrected chi connectivity index (χ3v) is 8.00. The van der Waals surface area contributed by atoms with Crippen molar-refractivity contribution in [3.05, 3.63) is 51.6 Å². The molecule has 0 radical (unpaired) electrons. The summed E-state index contributed by atoms with van der Waals surface area (Å²) in [7, 11) is 0. The lowest BCUT2D eigenvalue weighted by Crippen LogP contribution is -2.22. The van der Waals surface area contributed by atoms with Gasteiger partial charge in [0.05, 0.1) is 5.69 Å². The minimum atomic E-state index is -0.139. The van der Waals surface area contributed by atoms with Gasteiger partial charge in [0.2, 0.25) is 4.96 Å². The van der Waals surface area contributed by atoms with Crippen molar-refractivity contribution in [2.24, 2.45) is 5.92 Å². The quantitative estimate of drug-likeness (QED) is 0.388. The summed E-state index contributed by atoms with van der Waals surface area (Å²) in [6, 6.07) is 5.88. The van der Waals surface area contributed by atoms with Crippen molar-refractivity contribution in [1.29, 1.82) is 0 Å². The normalized spacial score (nSPS) is 18.9. The number of rotatable bonds is 6. The topological polar surface area (TPSA) is 90.9 Å². The molecule has 8 nitrogen and oxygen atoms in total. The van der Waals surface area contributed by atoms with E-state index >= 15 is 0 Å². The predicted molar refractivity (Wildman–Crippen MR) is 126 cm³/mol. The number of hydrogen-bond acceptors (Lipinski definition) is 8. The van der Waals surface area contributed by atoms with E-state index in [2.05, 4.69) is 36.8 Å². The largest absolute Gasteiger partial charge is 0.299 e. The molecule has 10 heteroatoms. The average Bonchev–Trinajstić information content (AvgIpc) is 3.43. The van der Waals surface area contributed by atoms with Crippen LogP contribution in [0.1, 0.15) is 56.3 Å². The second-order valence-corrected chi connectivity index (χ2v) is 10.1. The SMILES string of the molecule is CCc1nn2c(=O)cc(CSc3nnc(-c4cccnc4)n3[C@H]3CCCC[C@@H]3C)nc2s1. The number of aromatic nitrogens is 7. The van der Waals surface area contributed by atoms with Gasteiger partial charge < -0.3 is 0 Å². The Bertz CT molecular complexity index is 1280. The minimum Gasteiger partial charge on any atom is -0.299 e. The van der Waals surface area contributed by atoms with Gasteiger partial charge >= 0.3 is 0 Å². The van der Waals surface area contributed by atoms with E-state index in [0.29, 0.717) is 22.7 Å². The van der Waals surface area contributed by atoms with Gasteiger partial charge in [-0.05, 0) is 37.3 Å². The third-order valence-electron chi connectivity index (χ3n) is 5.97. The highest BCUT2D eigenvalue weighted by molar-refractivity contribution is 7.98. The second kappa shape index (κ2) is 9.11. The van der Waals surface area contributed by atoms with Crippen molar-refractivity contribution in [1.82, 2.24) is 34.3 Å². The lowest BCUT2D eigenvalue weighted by molar-refractivity contribution is 0.247. The summed E-state index contributed by atoms with van der Waals surface area (Å²) < 4.78 is 3.68. The highest BCUT2D eigenvalue weighted by Gasteiger charge is 2.28. The molecule has 0 N–H and O–H groups in total. The van der Waals surface area contributed by atoms with Crippen LogP contribution in [-0.2, 0) is 12.2 Å². The Morgan fingerprint density at radius 1 is 1.25 bits per heavy atom. The van der Waals surface area contributed by atoms with Crippen molar-refractivity contribution in [2.75, 3.05) is 0 Å². The van der Waals surface area contributed by atoms with Crippen molar-refractivity contribution >= 4 is 28.1 Å². The molecular formula is C22H25N7OS2. The van der Waals surface area contributed by atoms with E-state index in [1.54, 1.807) is 24.0 Å². The number of aryl methyl sites for hydroxylation is 1. The smallest absolute Gasteiger partial charge is 0.275 e. The summed E-state index contributed by atoms with van der Waals surface area (Å²) in [6.45, 7) is 4.34. The van der Waals surface area contributed by atoms with Crippen molar-refractivity contribution in [3.63, 3.8) is 0 Å². The Balaban J connectivity index is 1.48. The summed E-state index contributed by atoms with van der Waals surface area (Å²) >= 11 is 3.05. The monoisotopic (exact) mass is 467 g/mol. The first-order valence-electron chi connectivity index (χ1n) is 11.0. The van der Waals surface area contributed by atoms with Gasteiger partial charge in [-0.25, -0.2) is 4.98 Å². The Hall–Kier alpha value is -2.59. The highest BCUT2D eigenvalue weighted by atomic mass is 32.2. The molecule has 4 aromatic heterocycles. The van der Waals surface area contributed by atoms with Gasteiger partial charge in [0, 0.05) is 35.8 Å². The maximum Gasteiger partial charge on any atom is 0.275 e. The molecule has 1 aliphatic rings. The van der Waals surface area contributed by atoms with Crippen LogP contribution >= 0.6 is 23.1 Å². The number of hydrogen-bond donors (Lipinski definition) is 0. The summed E-state index contributed by atoms with van der Waals surface area (Å²) in [4.78, 5) is 22.1. The van der Waals surface area contributed by atoms with E-state index < -0.39 is 0 Å². The summed E-state index contributed by atoms with van der Waals surface area (Å²) in [5, 5.41) is 15.2. The van der Waals surface area contributed by atoms with E-state index in [9.17, 15) is 4.79 Å². The lowest BCUT2D eigenvalue weighted by atomic mass is 9.85. The molecule has 0 aliphatic heterocycles. The van der Waals surface area contributed by atoms with Crippen LogP contribution in [0.4, 0.5) is 0 Å². The van der Waals surface area contributed by atoms with Gasteiger partial charge in [-0.2, -0.15) is 9.61 Å². The summed E-state index contributed by atoms with van der Waals surface area (Å²) in [5.41, 5.74) is 1.57. The van der Waals surface area contributed by atoms with Crippen molar-refractivity contribution in [2.45, 2.75) is 62.9 Å². The fourth-order valence-corrected chi connectivity index (χ4v) is 6.04. The van der Waals surface area contributed by atoms with Crippen LogP contribution in [0.15, 0.2) is 40.5 Å². The summed E-state index contributed by atoms with van der Waals surface area (Å²) in [5.74, 6) is 1.97. The molecule has 0 spiro atoms. The molecule has 0 amide bonds. The number of nitrogens with zero attached hydrogens (tertiary/aromatic N) is 7. The van der Waals surface area contributed by atoms with Crippen LogP contribution in [0, 0.1) is 5.92 Å². The molecule has 1 aliphatic carbocycles. The fraction of sp³-hybridized carbons (Fsp3) is 0.455. The van der Waals surface area contributed by atoms with Crippen LogP contribution in [-0.4, -0.2) is 34.3 Å². The van der Waals surface area contributed by atoms with E-state index in [4.69, 9.17) is 0 Å². The van der Waals surface area contributed by atoms with E-state index in [0.717, 1.165) is 40.1 Å².